The van der Waals surface area contributed by atoms with Crippen LogP contribution in [0, 0.1) is 0 Å². The molecule has 0 nitrogen and oxygen atoms in total. The fourth-order valence-corrected chi connectivity index (χ4v) is 10.4. The Morgan fingerprint density at radius 3 is 2.00 bits per heavy atom. The second-order valence-electron chi connectivity index (χ2n) is 4.04. The summed E-state index contributed by atoms with van der Waals surface area (Å²) >= 11 is -3.32. The molecule has 0 heterocycles. The van der Waals surface area contributed by atoms with Gasteiger partial charge >= 0.3 is 104 Å². The molecule has 0 radical (unpaired) electrons. The molecule has 0 aliphatic carbocycles. The van der Waals surface area contributed by atoms with E-state index < -0.39 is 24.5 Å². The van der Waals surface area contributed by atoms with Crippen LogP contribution in [0.1, 0.15) is 13.8 Å². The first-order valence-corrected chi connectivity index (χ1v) is 18.1. The van der Waals surface area contributed by atoms with Gasteiger partial charge in [0.1, 0.15) is 0 Å². The summed E-state index contributed by atoms with van der Waals surface area (Å²) in [6.45, 7) is 4.21. The van der Waals surface area contributed by atoms with Crippen LogP contribution in [0.3, 0.4) is 0 Å². The van der Waals surface area contributed by atoms with Crippen molar-refractivity contribution in [3.05, 3.63) is 30.3 Å². The Balaban J connectivity index is 2.79. The molecule has 0 aliphatic rings. The summed E-state index contributed by atoms with van der Waals surface area (Å²) in [5, 5.41) is 1.38. The van der Waals surface area contributed by atoms with E-state index >= 15 is 0 Å². The van der Waals surface area contributed by atoms with Gasteiger partial charge in [-0.3, -0.25) is 0 Å². The van der Waals surface area contributed by atoms with Crippen LogP contribution in [0.15, 0.2) is 30.3 Å². The van der Waals surface area contributed by atoms with Crippen LogP contribution in [0.2, 0.25) is 3.05 Å². The molecule has 0 bridgehead atoms. The van der Waals surface area contributed by atoms with Gasteiger partial charge < -0.3 is 0 Å². The first-order chi connectivity index (χ1) is 6.33. The Kier molecular flexibility index (Phi) is 4.66. The van der Waals surface area contributed by atoms with E-state index in [1.807, 2.05) is 18.2 Å². The number of hydrogen-bond acceptors (Lipinski definition) is 0. The molecule has 0 amide bonds. The number of halogens is 3. The molecule has 0 saturated carbocycles. The van der Waals surface area contributed by atoms with E-state index in [0.29, 0.717) is 0 Å². The van der Waals surface area contributed by atoms with Crippen molar-refractivity contribution in [1.29, 1.82) is 0 Å². The molecule has 1 aromatic rings. The van der Waals surface area contributed by atoms with Crippen LogP contribution in [-0.2, 0) is 0 Å². The van der Waals surface area contributed by atoms with Crippen molar-refractivity contribution in [1.82, 2.24) is 0 Å². The van der Waals surface area contributed by atoms with Gasteiger partial charge in [-0.1, -0.05) is 0 Å². The van der Waals surface area contributed by atoms with E-state index in [0.717, 1.165) is 0 Å². The molecule has 0 N–H and O–H groups in total. The van der Waals surface area contributed by atoms with Gasteiger partial charge in [-0.25, -0.2) is 0 Å². The molecule has 0 aliphatic heterocycles. The van der Waals surface area contributed by atoms with Crippen molar-refractivity contribution in [2.24, 2.45) is 0 Å². The quantitative estimate of drug-likeness (QED) is 0.714. The molecule has 0 atom stereocenters. The van der Waals surface area contributed by atoms with Gasteiger partial charge in [0.15, 0.2) is 0 Å². The van der Waals surface area contributed by atoms with Crippen molar-refractivity contribution in [3.8, 4) is 0 Å². The SMILES string of the molecule is C[C](C)([SiH2]c1ccccc1)[Sn]([Cl])([Cl])[Cl]. The number of hydrogen-bond donors (Lipinski definition) is 0. The molecule has 1 aromatic carbocycles. The summed E-state index contributed by atoms with van der Waals surface area (Å²) in [5.74, 6) is 0. The Morgan fingerprint density at radius 1 is 1.07 bits per heavy atom. The molecule has 0 spiro atoms. The standard InChI is InChI=1S/C9H13Si.3ClH.Sn/c1-8(2)10-9-6-4-3-5-7-9;;;;/h3-7H,10H2,1-2H3;3*1H;/q;;;;+3/p-3. The summed E-state index contributed by atoms with van der Waals surface area (Å²) in [6.07, 6.45) is 0. The average molecular weight is 374 g/mol. The molecule has 0 unspecified atom stereocenters. The molecule has 1 rings (SSSR count). The number of rotatable bonds is 3. The normalized spacial score (nSPS) is 13.8. The van der Waals surface area contributed by atoms with Crippen LogP contribution in [0.5, 0.6) is 0 Å². The van der Waals surface area contributed by atoms with E-state index in [4.69, 9.17) is 26.8 Å². The van der Waals surface area contributed by atoms with E-state index in [-0.39, 0.29) is 3.05 Å². The van der Waals surface area contributed by atoms with E-state index in [2.05, 4.69) is 26.0 Å². The predicted octanol–water partition coefficient (Wildman–Crippen LogP) is 2.87. The fourth-order valence-electron chi connectivity index (χ4n) is 1.21. The third-order valence-electron chi connectivity index (χ3n) is 2.26. The first kappa shape index (κ1) is 13.2. The van der Waals surface area contributed by atoms with Crippen molar-refractivity contribution < 1.29 is 0 Å². The Morgan fingerprint density at radius 2 is 1.57 bits per heavy atom. The molecule has 5 heteroatoms. The van der Waals surface area contributed by atoms with Gasteiger partial charge in [0, 0.05) is 0 Å². The van der Waals surface area contributed by atoms with Crippen LogP contribution < -0.4 is 5.19 Å². The molecular formula is C9H13Cl3SiSn. The van der Waals surface area contributed by atoms with Gasteiger partial charge in [-0.15, -0.1) is 0 Å². The molecule has 0 saturated heterocycles. The molecule has 0 fully saturated rings. The van der Waals surface area contributed by atoms with Crippen LogP contribution in [0.4, 0.5) is 0 Å². The van der Waals surface area contributed by atoms with Crippen molar-refractivity contribution in [2.45, 2.75) is 16.9 Å². The van der Waals surface area contributed by atoms with E-state index in [9.17, 15) is 0 Å². The topological polar surface area (TPSA) is 0 Å². The van der Waals surface area contributed by atoms with Crippen molar-refractivity contribution >= 4 is 56.5 Å². The Hall–Kier alpha value is 1.11. The van der Waals surface area contributed by atoms with Gasteiger partial charge in [0.25, 0.3) is 0 Å². The van der Waals surface area contributed by atoms with Gasteiger partial charge in [-0.2, -0.15) is 0 Å². The molecular weight excluding hydrogens is 361 g/mol. The van der Waals surface area contributed by atoms with Crippen molar-refractivity contribution in [2.75, 3.05) is 0 Å². The zero-order valence-electron chi connectivity index (χ0n) is 8.23. The zero-order valence-corrected chi connectivity index (χ0v) is 14.8. The third kappa shape index (κ3) is 3.60. The van der Waals surface area contributed by atoms with E-state index in [1.165, 1.54) is 5.19 Å². The third-order valence-corrected chi connectivity index (χ3v) is 28.3. The number of benzene rings is 1. The monoisotopic (exact) mass is 374 g/mol. The predicted molar refractivity (Wildman–Crippen MR) is 72.0 cm³/mol. The summed E-state index contributed by atoms with van der Waals surface area (Å²) in [4.78, 5) is 0. The summed E-state index contributed by atoms with van der Waals surface area (Å²) in [5.41, 5.74) is 0. The maximum atomic E-state index is 6.15. The average Bonchev–Trinajstić information content (AvgIpc) is 2.03. The van der Waals surface area contributed by atoms with E-state index in [1.54, 1.807) is 0 Å². The van der Waals surface area contributed by atoms with Gasteiger partial charge in [0.2, 0.25) is 0 Å². The maximum absolute atomic E-state index is 6.15. The van der Waals surface area contributed by atoms with Crippen molar-refractivity contribution in [3.63, 3.8) is 0 Å². The minimum absolute atomic E-state index is 0.0132. The summed E-state index contributed by atoms with van der Waals surface area (Å²) < 4.78 is -0.0132. The minimum atomic E-state index is -3.32. The molecule has 14 heavy (non-hydrogen) atoms. The van der Waals surface area contributed by atoms with Crippen LogP contribution in [-0.4, -0.2) is 24.5 Å². The second kappa shape index (κ2) is 4.96. The Bertz CT molecular complexity index is 295. The fraction of sp³-hybridized carbons (Fsp3) is 0.333. The molecule has 78 valence electrons. The Labute approximate surface area is 103 Å². The summed E-state index contributed by atoms with van der Waals surface area (Å²) in [7, 11) is 18.0. The van der Waals surface area contributed by atoms with Gasteiger partial charge in [0.05, 0.1) is 0 Å². The van der Waals surface area contributed by atoms with Crippen LogP contribution in [0.25, 0.3) is 0 Å². The van der Waals surface area contributed by atoms with Crippen LogP contribution >= 0.6 is 26.8 Å². The first-order valence-electron chi connectivity index (χ1n) is 4.43. The van der Waals surface area contributed by atoms with Gasteiger partial charge in [-0.05, 0) is 0 Å². The summed E-state index contributed by atoms with van der Waals surface area (Å²) in [6, 6.07) is 10.4. The molecule has 0 aromatic heterocycles. The zero-order chi connectivity index (χ0) is 10.8. The second-order valence-corrected chi connectivity index (χ2v) is 31.0.